The van der Waals surface area contributed by atoms with Gasteiger partial charge in [0.2, 0.25) is 5.91 Å². The molecule has 7 heteroatoms. The number of hydrogen-bond acceptors (Lipinski definition) is 3. The fraction of sp³-hybridized carbons (Fsp3) is 0.667. The maximum atomic E-state index is 12.7. The molecule has 31 heavy (non-hydrogen) atoms. The van der Waals surface area contributed by atoms with E-state index in [9.17, 15) is 4.79 Å². The molecule has 0 spiro atoms. The van der Waals surface area contributed by atoms with E-state index < -0.39 is 0 Å². The molecule has 1 aromatic carbocycles. The number of carbonyl (C=O) groups excluding carboxylic acids is 1. The largest absolute Gasteiger partial charge is 0.345 e. The molecule has 170 valence electrons. The normalized spacial score (nSPS) is 35.0. The Morgan fingerprint density at radius 1 is 1.16 bits per heavy atom. The lowest BCUT2D eigenvalue weighted by atomic mass is 9.53. The molecular weight excluding hydrogens is 449 g/mol. The summed E-state index contributed by atoms with van der Waals surface area (Å²) in [5.41, 5.74) is 0.985. The van der Waals surface area contributed by atoms with Gasteiger partial charge in [-0.15, -0.1) is 12.4 Å². The Hall–Kier alpha value is -0.910. The van der Waals surface area contributed by atoms with E-state index >= 15 is 0 Å². The number of nitrogens with one attached hydrogen (secondary N) is 1. The fourth-order valence-electron chi connectivity index (χ4n) is 6.74. The quantitative estimate of drug-likeness (QED) is 0.540. The zero-order chi connectivity index (χ0) is 20.9. The van der Waals surface area contributed by atoms with E-state index in [1.165, 1.54) is 43.7 Å². The second-order valence-corrected chi connectivity index (χ2v) is 11.7. The van der Waals surface area contributed by atoms with Crippen LogP contribution in [0.25, 0.3) is 0 Å². The zero-order valence-corrected chi connectivity index (χ0v) is 20.7. The van der Waals surface area contributed by atoms with E-state index in [-0.39, 0.29) is 29.9 Å². The van der Waals surface area contributed by atoms with Crippen LogP contribution in [0, 0.1) is 17.8 Å². The molecule has 1 unspecified atom stereocenters. The van der Waals surface area contributed by atoms with Crippen LogP contribution in [0.3, 0.4) is 0 Å². The van der Waals surface area contributed by atoms with Gasteiger partial charge in [-0.2, -0.15) is 0 Å². The van der Waals surface area contributed by atoms with Gasteiger partial charge in [0.1, 0.15) is 0 Å². The third kappa shape index (κ3) is 4.89. The van der Waals surface area contributed by atoms with Crippen molar-refractivity contribution >= 4 is 52.5 Å². The molecule has 1 aromatic rings. The average Bonchev–Trinajstić information content (AvgIpc) is 3.04. The summed E-state index contributed by atoms with van der Waals surface area (Å²) in [6.07, 6.45) is 8.69. The molecule has 0 radical (unpaired) electrons. The van der Waals surface area contributed by atoms with Crippen molar-refractivity contribution in [1.29, 1.82) is 0 Å². The van der Waals surface area contributed by atoms with E-state index in [2.05, 4.69) is 24.1 Å². The van der Waals surface area contributed by atoms with Crippen molar-refractivity contribution in [3.05, 3.63) is 29.3 Å². The van der Waals surface area contributed by atoms with Gasteiger partial charge < -0.3 is 10.2 Å². The first-order chi connectivity index (χ1) is 14.4. The summed E-state index contributed by atoms with van der Waals surface area (Å²) in [4.78, 5) is 20.6. The number of aliphatic imine (C=N–C) groups is 1. The van der Waals surface area contributed by atoms with Gasteiger partial charge in [0.15, 0.2) is 5.17 Å². The molecule has 1 saturated heterocycles. The molecule has 4 nitrogen and oxygen atoms in total. The molecule has 4 bridgehead atoms. The number of amides is 1. The molecule has 5 fully saturated rings. The molecule has 1 amide bonds. The van der Waals surface area contributed by atoms with Gasteiger partial charge in [0.25, 0.3) is 0 Å². The Bertz CT molecular complexity index is 806. The summed E-state index contributed by atoms with van der Waals surface area (Å²) in [6, 6.07) is 7.86. The highest BCUT2D eigenvalue weighted by Crippen LogP contribution is 2.57. The molecule has 6 rings (SSSR count). The van der Waals surface area contributed by atoms with E-state index in [1.807, 2.05) is 23.9 Å². The van der Waals surface area contributed by atoms with Gasteiger partial charge in [-0.05, 0) is 94.4 Å². The number of benzene rings is 1. The highest BCUT2D eigenvalue weighted by atomic mass is 35.5. The second kappa shape index (κ2) is 9.15. The number of hydrogen-bond donors (Lipinski definition) is 1. The highest BCUT2D eigenvalue weighted by Gasteiger charge is 2.51. The second-order valence-electron chi connectivity index (χ2n) is 10.3. The molecule has 5 aliphatic rings. The molecule has 1 atom stereocenters. The molecule has 1 aliphatic heterocycles. The lowest BCUT2D eigenvalue weighted by Crippen LogP contribution is -2.50. The van der Waals surface area contributed by atoms with Crippen molar-refractivity contribution in [2.45, 2.75) is 76.4 Å². The van der Waals surface area contributed by atoms with Crippen LogP contribution in [-0.4, -0.2) is 39.4 Å². The van der Waals surface area contributed by atoms with Crippen molar-refractivity contribution in [3.63, 3.8) is 0 Å². The molecule has 0 aromatic heterocycles. The van der Waals surface area contributed by atoms with Crippen molar-refractivity contribution in [3.8, 4) is 0 Å². The minimum Gasteiger partial charge on any atom is -0.345 e. The first-order valence-electron chi connectivity index (χ1n) is 11.5. The van der Waals surface area contributed by atoms with Gasteiger partial charge in [-0.1, -0.05) is 23.4 Å². The van der Waals surface area contributed by atoms with Crippen molar-refractivity contribution in [2.24, 2.45) is 22.7 Å². The Morgan fingerprint density at radius 3 is 2.29 bits per heavy atom. The first-order valence-corrected chi connectivity index (χ1v) is 12.8. The molecule has 1 heterocycles. The van der Waals surface area contributed by atoms with Crippen LogP contribution in [0.2, 0.25) is 5.02 Å². The molecule has 4 saturated carbocycles. The number of anilines is 1. The smallest absolute Gasteiger partial charge is 0.226 e. The maximum Gasteiger partial charge on any atom is 0.226 e. The van der Waals surface area contributed by atoms with E-state index in [4.69, 9.17) is 16.6 Å². The SMILES string of the molecule is CC(C)N1/C(=N/C23CC4CC(CC(C4)C2)C3)SCC1CC(=O)Nc1ccc(Cl)cc1.Cl. The molecule has 4 aliphatic carbocycles. The van der Waals surface area contributed by atoms with Gasteiger partial charge in [-0.3, -0.25) is 9.79 Å². The molecule has 1 N–H and O–H groups in total. The summed E-state index contributed by atoms with van der Waals surface area (Å²) in [5.74, 6) is 3.71. The summed E-state index contributed by atoms with van der Waals surface area (Å²) in [7, 11) is 0. The topological polar surface area (TPSA) is 44.7 Å². The van der Waals surface area contributed by atoms with Crippen LogP contribution in [0.5, 0.6) is 0 Å². The number of thioether (sulfide) groups is 1. The Morgan fingerprint density at radius 2 is 1.74 bits per heavy atom. The van der Waals surface area contributed by atoms with E-state index in [0.29, 0.717) is 17.5 Å². The number of nitrogens with zero attached hydrogens (tertiary/aromatic N) is 2. The average molecular weight is 483 g/mol. The van der Waals surface area contributed by atoms with Crippen molar-refractivity contribution < 1.29 is 4.79 Å². The van der Waals surface area contributed by atoms with Crippen molar-refractivity contribution in [2.75, 3.05) is 11.1 Å². The summed E-state index contributed by atoms with van der Waals surface area (Å²) < 4.78 is 0. The Labute approximate surface area is 201 Å². The molecular formula is C24H33Cl2N3OS. The number of halogens is 2. The van der Waals surface area contributed by atoms with Gasteiger partial charge >= 0.3 is 0 Å². The monoisotopic (exact) mass is 481 g/mol. The van der Waals surface area contributed by atoms with Crippen LogP contribution in [0.1, 0.15) is 58.8 Å². The Kier molecular flexibility index (Phi) is 6.86. The third-order valence-corrected chi connectivity index (χ3v) is 8.83. The van der Waals surface area contributed by atoms with E-state index in [0.717, 1.165) is 29.2 Å². The lowest BCUT2D eigenvalue weighted by molar-refractivity contribution is -0.117. The highest BCUT2D eigenvalue weighted by molar-refractivity contribution is 8.14. The standard InChI is InChI=1S/C24H32ClN3OS.ClH/c1-15(2)28-21(10-22(29)26-20-5-3-19(25)4-6-20)14-30-23(28)27-24-11-16-7-17(12-24)9-18(8-16)13-24;/h3-6,15-18,21H,7-14H2,1-2H3,(H,26,29);1H/b27-23-;. The maximum absolute atomic E-state index is 12.7. The number of rotatable bonds is 5. The summed E-state index contributed by atoms with van der Waals surface area (Å²) in [6.45, 7) is 4.45. The van der Waals surface area contributed by atoms with Crippen LogP contribution in [0.4, 0.5) is 5.69 Å². The van der Waals surface area contributed by atoms with Gasteiger partial charge in [0, 0.05) is 35.0 Å². The predicted molar refractivity (Wildman–Crippen MR) is 134 cm³/mol. The Balaban J connectivity index is 0.00000231. The van der Waals surface area contributed by atoms with Gasteiger partial charge in [0.05, 0.1) is 5.54 Å². The third-order valence-electron chi connectivity index (χ3n) is 7.46. The van der Waals surface area contributed by atoms with Crippen LogP contribution in [0.15, 0.2) is 29.3 Å². The fourth-order valence-corrected chi connectivity index (χ4v) is 8.25. The van der Waals surface area contributed by atoms with Gasteiger partial charge in [-0.25, -0.2) is 0 Å². The number of amidine groups is 1. The first kappa shape index (κ1) is 23.3. The summed E-state index contributed by atoms with van der Waals surface area (Å²) >= 11 is 7.81. The van der Waals surface area contributed by atoms with Crippen LogP contribution in [-0.2, 0) is 4.79 Å². The minimum atomic E-state index is 0. The predicted octanol–water partition coefficient (Wildman–Crippen LogP) is 6.24. The number of carbonyl (C=O) groups is 1. The zero-order valence-electron chi connectivity index (χ0n) is 18.4. The van der Waals surface area contributed by atoms with Crippen LogP contribution >= 0.6 is 35.8 Å². The van der Waals surface area contributed by atoms with Crippen molar-refractivity contribution in [1.82, 2.24) is 4.90 Å². The van der Waals surface area contributed by atoms with Crippen LogP contribution < -0.4 is 5.32 Å². The minimum absolute atomic E-state index is 0. The lowest BCUT2D eigenvalue weighted by Gasteiger charge is -2.55. The van der Waals surface area contributed by atoms with E-state index in [1.54, 1.807) is 12.1 Å². The summed E-state index contributed by atoms with van der Waals surface area (Å²) in [5, 5.41) is 4.89.